The molecule has 1 N–H and O–H groups in total. The molecule has 2 amide bonds. The van der Waals surface area contributed by atoms with Crippen LogP contribution in [0.5, 0.6) is 0 Å². The fourth-order valence-electron chi connectivity index (χ4n) is 3.55. The Morgan fingerprint density at radius 2 is 1.97 bits per heavy atom. The molecule has 2 heterocycles. The maximum atomic E-state index is 12.9. The van der Waals surface area contributed by atoms with Crippen molar-refractivity contribution in [1.82, 2.24) is 5.32 Å². The van der Waals surface area contributed by atoms with E-state index >= 15 is 0 Å². The van der Waals surface area contributed by atoms with Gasteiger partial charge >= 0.3 is 5.97 Å². The van der Waals surface area contributed by atoms with E-state index in [1.807, 2.05) is 62.5 Å². The maximum Gasteiger partial charge on any atom is 0.311 e. The second kappa shape index (κ2) is 9.89. The molecule has 160 valence electrons. The lowest BCUT2D eigenvalue weighted by atomic mass is 9.87. The Kier molecular flexibility index (Phi) is 7.26. The van der Waals surface area contributed by atoms with E-state index in [0.29, 0.717) is 18.9 Å². The quantitative estimate of drug-likeness (QED) is 0.680. The standard InChI is InChI=1S/C23H28N2O4S/c1-15(2)13-24-20(26)14-29-23(28)18-10-11-21(27)25(17-8-6-16(3)7-9-17)22(18)19-5-4-12-30-19/h4-9,12,15,18,22H,10-11,13-14H2,1-3H3,(H,24,26)/t18-,22-/m1/s1. The first-order valence-corrected chi connectivity index (χ1v) is 11.1. The van der Waals surface area contributed by atoms with E-state index in [1.54, 1.807) is 4.90 Å². The van der Waals surface area contributed by atoms with E-state index in [9.17, 15) is 14.4 Å². The summed E-state index contributed by atoms with van der Waals surface area (Å²) in [5.74, 6) is -0.985. The molecule has 0 aliphatic carbocycles. The number of esters is 1. The zero-order chi connectivity index (χ0) is 21.7. The van der Waals surface area contributed by atoms with Gasteiger partial charge in [-0.05, 0) is 42.8 Å². The van der Waals surface area contributed by atoms with Gasteiger partial charge in [0, 0.05) is 23.5 Å². The van der Waals surface area contributed by atoms with Crippen molar-refractivity contribution in [2.45, 2.75) is 39.7 Å². The number of ether oxygens (including phenoxy) is 1. The SMILES string of the molecule is Cc1ccc(N2C(=O)CC[C@@H](C(=O)OCC(=O)NCC(C)C)[C@@H]2c2cccs2)cc1. The van der Waals surface area contributed by atoms with Gasteiger partial charge in [0.2, 0.25) is 5.91 Å². The van der Waals surface area contributed by atoms with Crippen LogP contribution in [0.15, 0.2) is 41.8 Å². The largest absolute Gasteiger partial charge is 0.455 e. The minimum absolute atomic E-state index is 0.0176. The molecule has 7 heteroatoms. The molecule has 1 saturated heterocycles. The Labute approximate surface area is 181 Å². The molecule has 2 aromatic rings. The van der Waals surface area contributed by atoms with E-state index in [4.69, 9.17) is 4.74 Å². The number of nitrogens with zero attached hydrogens (tertiary/aromatic N) is 1. The van der Waals surface area contributed by atoms with Crippen LogP contribution in [0.25, 0.3) is 0 Å². The molecule has 0 radical (unpaired) electrons. The average molecular weight is 429 g/mol. The topological polar surface area (TPSA) is 75.7 Å². The highest BCUT2D eigenvalue weighted by atomic mass is 32.1. The van der Waals surface area contributed by atoms with Gasteiger partial charge in [0.15, 0.2) is 6.61 Å². The van der Waals surface area contributed by atoms with Gasteiger partial charge in [-0.25, -0.2) is 0 Å². The zero-order valence-corrected chi connectivity index (χ0v) is 18.4. The molecular formula is C23H28N2O4S. The van der Waals surface area contributed by atoms with Crippen LogP contribution in [0.1, 0.15) is 43.2 Å². The lowest BCUT2D eigenvalue weighted by Crippen LogP contribution is -2.46. The van der Waals surface area contributed by atoms with Crippen LogP contribution in [0.4, 0.5) is 5.69 Å². The monoisotopic (exact) mass is 428 g/mol. The normalized spacial score (nSPS) is 19.1. The third-order valence-corrected chi connectivity index (χ3v) is 6.04. The summed E-state index contributed by atoms with van der Waals surface area (Å²) in [5, 5.41) is 4.68. The van der Waals surface area contributed by atoms with Gasteiger partial charge in [0.05, 0.1) is 12.0 Å². The van der Waals surface area contributed by atoms with Crippen molar-refractivity contribution in [3.8, 4) is 0 Å². The number of hydrogen-bond donors (Lipinski definition) is 1. The summed E-state index contributed by atoms with van der Waals surface area (Å²) in [7, 11) is 0. The number of rotatable bonds is 7. The van der Waals surface area contributed by atoms with Crippen molar-refractivity contribution in [3.63, 3.8) is 0 Å². The molecule has 0 bridgehead atoms. The maximum absolute atomic E-state index is 12.9. The Balaban J connectivity index is 1.80. The highest BCUT2D eigenvalue weighted by Gasteiger charge is 2.42. The molecule has 1 aliphatic heterocycles. The van der Waals surface area contributed by atoms with E-state index in [0.717, 1.165) is 16.1 Å². The number of hydrogen-bond acceptors (Lipinski definition) is 5. The Bertz CT molecular complexity index is 877. The second-order valence-corrected chi connectivity index (χ2v) is 8.99. The molecule has 1 aliphatic rings. The number of nitrogens with one attached hydrogen (secondary N) is 1. The summed E-state index contributed by atoms with van der Waals surface area (Å²) in [6.45, 7) is 6.21. The first-order chi connectivity index (χ1) is 14.4. The summed E-state index contributed by atoms with van der Waals surface area (Å²) < 4.78 is 5.36. The van der Waals surface area contributed by atoms with Crippen molar-refractivity contribution in [2.24, 2.45) is 11.8 Å². The summed E-state index contributed by atoms with van der Waals surface area (Å²) in [5.41, 5.74) is 1.86. The number of anilines is 1. The molecule has 1 aromatic heterocycles. The molecule has 0 saturated carbocycles. The minimum Gasteiger partial charge on any atom is -0.455 e. The number of piperidine rings is 1. The predicted octanol–water partition coefficient (Wildman–Crippen LogP) is 3.86. The Morgan fingerprint density at radius 3 is 2.60 bits per heavy atom. The Morgan fingerprint density at radius 1 is 1.23 bits per heavy atom. The lowest BCUT2D eigenvalue weighted by molar-refractivity contribution is -0.154. The molecular weight excluding hydrogens is 400 g/mol. The number of thiophene rings is 1. The third kappa shape index (κ3) is 5.27. The van der Waals surface area contributed by atoms with Crippen LogP contribution in [0, 0.1) is 18.8 Å². The second-order valence-electron chi connectivity index (χ2n) is 8.01. The van der Waals surface area contributed by atoms with Crippen LogP contribution >= 0.6 is 11.3 Å². The first kappa shape index (κ1) is 22.0. The smallest absolute Gasteiger partial charge is 0.311 e. The van der Waals surface area contributed by atoms with Crippen molar-refractivity contribution in [1.29, 1.82) is 0 Å². The zero-order valence-electron chi connectivity index (χ0n) is 17.6. The molecule has 0 spiro atoms. The average Bonchev–Trinajstić information content (AvgIpc) is 3.25. The summed E-state index contributed by atoms with van der Waals surface area (Å²) >= 11 is 1.51. The molecule has 1 aromatic carbocycles. The van der Waals surface area contributed by atoms with Gasteiger partial charge in [-0.3, -0.25) is 14.4 Å². The number of benzene rings is 1. The minimum atomic E-state index is -0.527. The van der Waals surface area contributed by atoms with Crippen molar-refractivity contribution < 1.29 is 19.1 Å². The molecule has 3 rings (SSSR count). The number of carbonyl (C=O) groups is 3. The van der Waals surface area contributed by atoms with Gasteiger partial charge in [0.1, 0.15) is 0 Å². The van der Waals surface area contributed by atoms with Crippen LogP contribution in [-0.4, -0.2) is 30.9 Å². The third-order valence-electron chi connectivity index (χ3n) is 5.10. The van der Waals surface area contributed by atoms with E-state index in [2.05, 4.69) is 5.32 Å². The number of carbonyl (C=O) groups excluding carboxylic acids is 3. The van der Waals surface area contributed by atoms with Gasteiger partial charge < -0.3 is 15.0 Å². The molecule has 0 unspecified atom stereocenters. The van der Waals surface area contributed by atoms with Crippen LogP contribution in [0.3, 0.4) is 0 Å². The number of amides is 2. The lowest BCUT2D eigenvalue weighted by Gasteiger charge is -2.39. The van der Waals surface area contributed by atoms with Crippen LogP contribution in [0.2, 0.25) is 0 Å². The van der Waals surface area contributed by atoms with E-state index in [-0.39, 0.29) is 24.8 Å². The van der Waals surface area contributed by atoms with Crippen molar-refractivity contribution in [3.05, 3.63) is 52.2 Å². The first-order valence-electron chi connectivity index (χ1n) is 10.2. The highest BCUT2D eigenvalue weighted by Crippen LogP contribution is 2.42. The van der Waals surface area contributed by atoms with E-state index < -0.39 is 17.9 Å². The van der Waals surface area contributed by atoms with Gasteiger partial charge in [0.25, 0.3) is 5.91 Å². The van der Waals surface area contributed by atoms with Crippen LogP contribution in [-0.2, 0) is 19.1 Å². The van der Waals surface area contributed by atoms with Gasteiger partial charge in [-0.1, -0.05) is 37.6 Å². The summed E-state index contributed by atoms with van der Waals surface area (Å²) in [4.78, 5) is 40.4. The van der Waals surface area contributed by atoms with Gasteiger partial charge in [-0.15, -0.1) is 11.3 Å². The fraction of sp³-hybridized carbons (Fsp3) is 0.435. The molecule has 6 nitrogen and oxygen atoms in total. The van der Waals surface area contributed by atoms with Crippen molar-refractivity contribution in [2.75, 3.05) is 18.1 Å². The van der Waals surface area contributed by atoms with E-state index in [1.165, 1.54) is 11.3 Å². The predicted molar refractivity (Wildman–Crippen MR) is 117 cm³/mol. The van der Waals surface area contributed by atoms with Crippen molar-refractivity contribution >= 4 is 34.8 Å². The highest BCUT2D eigenvalue weighted by molar-refractivity contribution is 7.10. The molecule has 1 fully saturated rings. The number of aryl methyl sites for hydroxylation is 1. The molecule has 2 atom stereocenters. The fourth-order valence-corrected chi connectivity index (χ4v) is 4.43. The molecule has 30 heavy (non-hydrogen) atoms. The van der Waals surface area contributed by atoms with Crippen LogP contribution < -0.4 is 10.2 Å². The summed E-state index contributed by atoms with van der Waals surface area (Å²) in [6.07, 6.45) is 0.658. The Hall–Kier alpha value is -2.67. The summed E-state index contributed by atoms with van der Waals surface area (Å²) in [6, 6.07) is 11.1. The van der Waals surface area contributed by atoms with Gasteiger partial charge in [-0.2, -0.15) is 0 Å².